The van der Waals surface area contributed by atoms with Crippen LogP contribution in [-0.2, 0) is 13.0 Å². The van der Waals surface area contributed by atoms with E-state index in [2.05, 4.69) is 31.2 Å². The molecule has 1 N–H and O–H groups in total. The second-order valence-corrected chi connectivity index (χ2v) is 4.89. The fourth-order valence-electron chi connectivity index (χ4n) is 2.44. The van der Waals surface area contributed by atoms with Crippen LogP contribution < -0.4 is 0 Å². The first-order valence-corrected chi connectivity index (χ1v) is 6.90. The highest BCUT2D eigenvalue weighted by Crippen LogP contribution is 2.25. The van der Waals surface area contributed by atoms with Crippen molar-refractivity contribution < 1.29 is 5.11 Å². The van der Waals surface area contributed by atoms with Crippen LogP contribution in [0.5, 0.6) is 0 Å². The molecule has 0 unspecified atom stereocenters. The highest BCUT2D eigenvalue weighted by Gasteiger charge is 2.06. The van der Waals surface area contributed by atoms with E-state index in [0.29, 0.717) is 0 Å². The largest absolute Gasteiger partial charge is 0.392 e. The summed E-state index contributed by atoms with van der Waals surface area (Å²) in [4.78, 5) is 4.70. The summed E-state index contributed by atoms with van der Waals surface area (Å²) < 4.78 is 0. The molecule has 3 aromatic rings. The van der Waals surface area contributed by atoms with Gasteiger partial charge in [0.2, 0.25) is 0 Å². The average molecular weight is 263 g/mol. The maximum Gasteiger partial charge on any atom is 0.0713 e. The predicted molar refractivity (Wildman–Crippen MR) is 82.5 cm³/mol. The molecule has 0 fully saturated rings. The van der Waals surface area contributed by atoms with Gasteiger partial charge < -0.3 is 5.11 Å². The summed E-state index contributed by atoms with van der Waals surface area (Å²) in [6.07, 6.45) is 1.04. The number of benzene rings is 2. The Morgan fingerprint density at radius 2 is 1.75 bits per heavy atom. The molecule has 1 heterocycles. The number of aliphatic hydroxyl groups excluding tert-OH is 1. The number of rotatable bonds is 3. The second-order valence-electron chi connectivity index (χ2n) is 4.89. The molecule has 2 aromatic carbocycles. The number of para-hydroxylation sites is 1. The van der Waals surface area contributed by atoms with E-state index < -0.39 is 0 Å². The minimum atomic E-state index is 0.0308. The molecular formula is C18H17NO. The summed E-state index contributed by atoms with van der Waals surface area (Å²) in [5.41, 5.74) is 5.16. The van der Waals surface area contributed by atoms with E-state index in [1.54, 1.807) is 0 Å². The van der Waals surface area contributed by atoms with Gasteiger partial charge in [-0.3, -0.25) is 0 Å². The van der Waals surface area contributed by atoms with E-state index >= 15 is 0 Å². The van der Waals surface area contributed by atoms with Crippen molar-refractivity contribution in [1.29, 1.82) is 0 Å². The van der Waals surface area contributed by atoms with Crippen molar-refractivity contribution in [2.45, 2.75) is 20.0 Å². The van der Waals surface area contributed by atoms with E-state index in [0.717, 1.165) is 34.1 Å². The van der Waals surface area contributed by atoms with Crippen LogP contribution in [0.1, 0.15) is 18.1 Å². The molecule has 0 bridgehead atoms. The van der Waals surface area contributed by atoms with E-state index in [9.17, 15) is 5.11 Å². The number of hydrogen-bond donors (Lipinski definition) is 1. The molecule has 0 saturated heterocycles. The zero-order valence-corrected chi connectivity index (χ0v) is 11.5. The van der Waals surface area contributed by atoms with E-state index in [-0.39, 0.29) is 6.61 Å². The Morgan fingerprint density at radius 1 is 1.00 bits per heavy atom. The molecule has 20 heavy (non-hydrogen) atoms. The molecule has 100 valence electrons. The van der Waals surface area contributed by atoms with Gasteiger partial charge in [0.1, 0.15) is 0 Å². The number of aromatic nitrogens is 1. The third-order valence-corrected chi connectivity index (χ3v) is 3.63. The van der Waals surface area contributed by atoms with Gasteiger partial charge in [0.15, 0.2) is 0 Å². The lowest BCUT2D eigenvalue weighted by Gasteiger charge is -2.08. The predicted octanol–water partition coefficient (Wildman–Crippen LogP) is 3.96. The zero-order chi connectivity index (χ0) is 13.9. The molecule has 0 atom stereocenters. The smallest absolute Gasteiger partial charge is 0.0713 e. The van der Waals surface area contributed by atoms with Gasteiger partial charge in [-0.25, -0.2) is 4.98 Å². The first-order valence-electron chi connectivity index (χ1n) is 6.90. The number of aryl methyl sites for hydroxylation is 1. The van der Waals surface area contributed by atoms with Gasteiger partial charge in [0.25, 0.3) is 0 Å². The fraction of sp³-hybridized carbons (Fsp3) is 0.167. The van der Waals surface area contributed by atoms with Gasteiger partial charge in [0.05, 0.1) is 17.8 Å². The number of aliphatic hydroxyl groups is 1. The van der Waals surface area contributed by atoms with Crippen LogP contribution in [-0.4, -0.2) is 10.1 Å². The van der Waals surface area contributed by atoms with Crippen molar-refractivity contribution in [1.82, 2.24) is 4.98 Å². The summed E-state index contributed by atoms with van der Waals surface area (Å²) in [5.74, 6) is 0. The van der Waals surface area contributed by atoms with Gasteiger partial charge in [-0.05, 0) is 29.7 Å². The van der Waals surface area contributed by atoms with Crippen molar-refractivity contribution in [2.24, 2.45) is 0 Å². The van der Waals surface area contributed by atoms with E-state index in [4.69, 9.17) is 4.98 Å². The Bertz CT molecular complexity index is 732. The van der Waals surface area contributed by atoms with Crippen molar-refractivity contribution in [3.63, 3.8) is 0 Å². The van der Waals surface area contributed by atoms with Crippen molar-refractivity contribution in [3.8, 4) is 11.3 Å². The number of nitrogens with zero attached hydrogens (tertiary/aromatic N) is 1. The molecule has 0 saturated carbocycles. The molecular weight excluding hydrogens is 246 g/mol. The zero-order valence-electron chi connectivity index (χ0n) is 11.5. The molecule has 3 rings (SSSR count). The molecule has 0 aliphatic heterocycles. The third-order valence-electron chi connectivity index (χ3n) is 3.63. The fourth-order valence-corrected chi connectivity index (χ4v) is 2.44. The Labute approximate surface area is 118 Å². The maximum absolute atomic E-state index is 9.56. The molecule has 0 amide bonds. The Balaban J connectivity index is 2.15. The molecule has 0 radical (unpaired) electrons. The van der Waals surface area contributed by atoms with Crippen LogP contribution in [0.15, 0.2) is 54.6 Å². The number of hydrogen-bond acceptors (Lipinski definition) is 2. The summed E-state index contributed by atoms with van der Waals surface area (Å²) in [6.45, 7) is 2.18. The van der Waals surface area contributed by atoms with Crippen molar-refractivity contribution >= 4 is 10.9 Å². The first kappa shape index (κ1) is 12.8. The lowest BCUT2D eigenvalue weighted by molar-refractivity contribution is 0.283. The third kappa shape index (κ3) is 2.30. The minimum absolute atomic E-state index is 0.0308. The van der Waals surface area contributed by atoms with E-state index in [1.165, 1.54) is 5.56 Å². The topological polar surface area (TPSA) is 33.1 Å². The minimum Gasteiger partial charge on any atom is -0.392 e. The van der Waals surface area contributed by atoms with Crippen LogP contribution in [0, 0.1) is 0 Å². The monoisotopic (exact) mass is 263 g/mol. The number of fused-ring (bicyclic) bond motifs is 1. The second kappa shape index (κ2) is 5.43. The normalized spacial score (nSPS) is 10.9. The Hall–Kier alpha value is -2.19. The summed E-state index contributed by atoms with van der Waals surface area (Å²) in [7, 11) is 0. The lowest BCUT2D eigenvalue weighted by atomic mass is 10.0. The van der Waals surface area contributed by atoms with Crippen LogP contribution in [0.4, 0.5) is 0 Å². The molecule has 0 aliphatic carbocycles. The van der Waals surface area contributed by atoms with Crippen molar-refractivity contribution in [3.05, 3.63) is 65.7 Å². The van der Waals surface area contributed by atoms with Gasteiger partial charge >= 0.3 is 0 Å². The lowest BCUT2D eigenvalue weighted by Crippen LogP contribution is -1.92. The Kier molecular flexibility index (Phi) is 3.48. The highest BCUT2D eigenvalue weighted by atomic mass is 16.3. The molecule has 1 aromatic heterocycles. The average Bonchev–Trinajstić information content (AvgIpc) is 2.54. The van der Waals surface area contributed by atoms with Crippen LogP contribution >= 0.6 is 0 Å². The highest BCUT2D eigenvalue weighted by molar-refractivity contribution is 5.85. The summed E-state index contributed by atoms with van der Waals surface area (Å²) >= 11 is 0. The van der Waals surface area contributed by atoms with Gasteiger partial charge in [-0.15, -0.1) is 0 Å². The van der Waals surface area contributed by atoms with Gasteiger partial charge in [0, 0.05) is 10.9 Å². The van der Waals surface area contributed by atoms with Gasteiger partial charge in [-0.2, -0.15) is 0 Å². The molecule has 2 nitrogen and oxygen atoms in total. The molecule has 2 heteroatoms. The Morgan fingerprint density at radius 3 is 2.45 bits per heavy atom. The standard InChI is InChI=1S/C18H17NO/c1-2-13-7-9-14(10-8-13)18-11-15(12-20)16-5-3-4-6-17(16)19-18/h3-11,20H,2,12H2,1H3. The van der Waals surface area contributed by atoms with Crippen LogP contribution in [0.2, 0.25) is 0 Å². The molecule has 0 aliphatic rings. The van der Waals surface area contributed by atoms with Crippen LogP contribution in [0.25, 0.3) is 22.2 Å². The quantitative estimate of drug-likeness (QED) is 0.776. The summed E-state index contributed by atoms with van der Waals surface area (Å²) in [6, 6.07) is 18.3. The molecule has 0 spiro atoms. The van der Waals surface area contributed by atoms with E-state index in [1.807, 2.05) is 30.3 Å². The van der Waals surface area contributed by atoms with Crippen molar-refractivity contribution in [2.75, 3.05) is 0 Å². The first-order chi connectivity index (χ1) is 9.81. The van der Waals surface area contributed by atoms with Crippen LogP contribution in [0.3, 0.4) is 0 Å². The number of pyridine rings is 1. The summed E-state index contributed by atoms with van der Waals surface area (Å²) in [5, 5.41) is 10.6. The maximum atomic E-state index is 9.56. The SMILES string of the molecule is CCc1ccc(-c2cc(CO)c3ccccc3n2)cc1. The van der Waals surface area contributed by atoms with Gasteiger partial charge in [-0.1, -0.05) is 49.4 Å².